The van der Waals surface area contributed by atoms with Crippen molar-refractivity contribution in [2.24, 2.45) is 7.05 Å². The number of piperidine rings is 1. The van der Waals surface area contributed by atoms with Gasteiger partial charge >= 0.3 is 0 Å². The highest BCUT2D eigenvalue weighted by atomic mass is 32.2. The van der Waals surface area contributed by atoms with Gasteiger partial charge in [0.2, 0.25) is 10.0 Å². The molecule has 2 N–H and O–H groups in total. The maximum absolute atomic E-state index is 12.1. The molecule has 2 aromatic rings. The smallest absolute Gasteiger partial charge is 0.213 e. The van der Waals surface area contributed by atoms with Crippen LogP contribution in [-0.4, -0.2) is 46.3 Å². The number of nitrogens with zero attached hydrogens (tertiary/aromatic N) is 4. The Bertz CT molecular complexity index is 799. The van der Waals surface area contributed by atoms with E-state index in [2.05, 4.69) is 10.1 Å². The van der Waals surface area contributed by atoms with E-state index >= 15 is 0 Å². The van der Waals surface area contributed by atoms with Gasteiger partial charge in [0, 0.05) is 31.7 Å². The summed E-state index contributed by atoms with van der Waals surface area (Å²) < 4.78 is 27.4. The molecule has 8 heteroatoms. The molecule has 3 rings (SSSR count). The third-order valence-corrected chi connectivity index (χ3v) is 6.15. The predicted molar refractivity (Wildman–Crippen MR) is 85.9 cm³/mol. The van der Waals surface area contributed by atoms with Crippen molar-refractivity contribution in [2.45, 2.75) is 25.7 Å². The second-order valence-electron chi connectivity index (χ2n) is 5.71. The van der Waals surface area contributed by atoms with E-state index in [1.165, 1.54) is 0 Å². The molecule has 0 spiro atoms. The minimum absolute atomic E-state index is 0.121. The molecular weight excluding hydrogens is 302 g/mol. The molecular formula is C14H21N5O2S. The third-order valence-electron chi connectivity index (χ3n) is 4.30. The second kappa shape index (κ2) is 5.51. The molecule has 0 amide bonds. The number of fused-ring (bicyclic) bond motifs is 1. The van der Waals surface area contributed by atoms with Crippen LogP contribution in [0.3, 0.4) is 0 Å². The molecule has 7 nitrogen and oxygen atoms in total. The second-order valence-corrected chi connectivity index (χ2v) is 7.97. The van der Waals surface area contributed by atoms with Crippen LogP contribution in [0.1, 0.15) is 31.4 Å². The fraction of sp³-hybridized carbons (Fsp3) is 0.571. The highest BCUT2D eigenvalue weighted by Crippen LogP contribution is 2.29. The number of sulfonamides is 1. The van der Waals surface area contributed by atoms with Gasteiger partial charge in [-0.05, 0) is 31.9 Å². The lowest BCUT2D eigenvalue weighted by molar-refractivity contribution is 0.313. The molecule has 0 aliphatic carbocycles. The largest absolute Gasteiger partial charge is 0.382 e. The number of rotatable bonds is 3. The fourth-order valence-corrected chi connectivity index (χ4v) is 4.20. The number of nitrogens with two attached hydrogens (primary N) is 1. The van der Waals surface area contributed by atoms with Gasteiger partial charge in [0.1, 0.15) is 0 Å². The van der Waals surface area contributed by atoms with Crippen LogP contribution in [-0.2, 0) is 17.1 Å². The van der Waals surface area contributed by atoms with Gasteiger partial charge in [0.15, 0.2) is 11.5 Å². The standard InChI is InChI=1S/C14H21N5O2S/c1-3-22(20,21)19-8-4-5-10(9-19)12-7-6-11-13(15)17-18(2)14(11)16-12/h6-7,10H,3-5,8-9H2,1-2H3,(H2,15,17). The highest BCUT2D eigenvalue weighted by molar-refractivity contribution is 7.89. The molecule has 120 valence electrons. The normalized spacial score (nSPS) is 20.5. The molecule has 2 aromatic heterocycles. The van der Waals surface area contributed by atoms with Gasteiger partial charge in [0.05, 0.1) is 11.1 Å². The summed E-state index contributed by atoms with van der Waals surface area (Å²) in [6.45, 7) is 2.79. The Hall–Kier alpha value is -1.67. The van der Waals surface area contributed by atoms with Crippen molar-refractivity contribution in [2.75, 3.05) is 24.6 Å². The molecule has 1 unspecified atom stereocenters. The van der Waals surface area contributed by atoms with E-state index in [-0.39, 0.29) is 11.7 Å². The van der Waals surface area contributed by atoms with E-state index in [0.29, 0.717) is 18.9 Å². The summed E-state index contributed by atoms with van der Waals surface area (Å²) >= 11 is 0. The van der Waals surface area contributed by atoms with Gasteiger partial charge < -0.3 is 5.73 Å². The van der Waals surface area contributed by atoms with E-state index in [1.54, 1.807) is 15.9 Å². The first-order valence-electron chi connectivity index (χ1n) is 7.49. The predicted octanol–water partition coefficient (Wildman–Crippen LogP) is 1.08. The zero-order valence-corrected chi connectivity index (χ0v) is 13.7. The van der Waals surface area contributed by atoms with Gasteiger partial charge in [-0.3, -0.25) is 0 Å². The lowest BCUT2D eigenvalue weighted by Gasteiger charge is -2.31. The zero-order chi connectivity index (χ0) is 15.9. The van der Waals surface area contributed by atoms with Crippen molar-refractivity contribution < 1.29 is 8.42 Å². The average molecular weight is 323 g/mol. The van der Waals surface area contributed by atoms with Gasteiger partial charge in [-0.25, -0.2) is 22.4 Å². The first kappa shape index (κ1) is 15.2. The van der Waals surface area contributed by atoms with Crippen LogP contribution in [0.15, 0.2) is 12.1 Å². The summed E-state index contributed by atoms with van der Waals surface area (Å²) in [5, 5.41) is 5.00. The van der Waals surface area contributed by atoms with Crippen LogP contribution < -0.4 is 5.73 Å². The summed E-state index contributed by atoms with van der Waals surface area (Å²) in [6.07, 6.45) is 1.80. The van der Waals surface area contributed by atoms with Crippen LogP contribution in [0.25, 0.3) is 11.0 Å². The van der Waals surface area contributed by atoms with Crippen molar-refractivity contribution in [3.8, 4) is 0 Å². The molecule has 1 aliphatic rings. The lowest BCUT2D eigenvalue weighted by Crippen LogP contribution is -2.40. The van der Waals surface area contributed by atoms with Crippen LogP contribution in [0.5, 0.6) is 0 Å². The number of hydrogen-bond donors (Lipinski definition) is 1. The molecule has 1 fully saturated rings. The van der Waals surface area contributed by atoms with Crippen molar-refractivity contribution in [3.05, 3.63) is 17.8 Å². The van der Waals surface area contributed by atoms with Gasteiger partial charge in [0.25, 0.3) is 0 Å². The number of pyridine rings is 1. The zero-order valence-electron chi connectivity index (χ0n) is 12.9. The van der Waals surface area contributed by atoms with E-state index < -0.39 is 10.0 Å². The molecule has 22 heavy (non-hydrogen) atoms. The topological polar surface area (TPSA) is 94.1 Å². The lowest BCUT2D eigenvalue weighted by atomic mass is 9.95. The Morgan fingerprint density at radius 3 is 2.91 bits per heavy atom. The number of aromatic nitrogens is 3. The minimum atomic E-state index is -3.14. The maximum Gasteiger partial charge on any atom is 0.213 e. The van der Waals surface area contributed by atoms with E-state index in [0.717, 1.165) is 29.6 Å². The minimum Gasteiger partial charge on any atom is -0.382 e. The Morgan fingerprint density at radius 2 is 2.18 bits per heavy atom. The van der Waals surface area contributed by atoms with Crippen LogP contribution in [0.2, 0.25) is 0 Å². The Balaban J connectivity index is 1.92. The van der Waals surface area contributed by atoms with Crippen molar-refractivity contribution in [1.82, 2.24) is 19.1 Å². The van der Waals surface area contributed by atoms with Crippen molar-refractivity contribution >= 4 is 26.9 Å². The van der Waals surface area contributed by atoms with Crippen LogP contribution in [0.4, 0.5) is 5.82 Å². The maximum atomic E-state index is 12.1. The first-order valence-corrected chi connectivity index (χ1v) is 9.10. The first-order chi connectivity index (χ1) is 10.4. The number of anilines is 1. The van der Waals surface area contributed by atoms with E-state index in [9.17, 15) is 8.42 Å². The van der Waals surface area contributed by atoms with Crippen LogP contribution in [0, 0.1) is 0 Å². The summed E-state index contributed by atoms with van der Waals surface area (Å²) in [6, 6.07) is 3.86. The SMILES string of the molecule is CCS(=O)(=O)N1CCCC(c2ccc3c(N)nn(C)c3n2)C1. The molecule has 3 heterocycles. The highest BCUT2D eigenvalue weighted by Gasteiger charge is 2.29. The Morgan fingerprint density at radius 1 is 1.41 bits per heavy atom. The number of aryl methyl sites for hydroxylation is 1. The molecule has 1 saturated heterocycles. The summed E-state index contributed by atoms with van der Waals surface area (Å²) in [7, 11) is -1.33. The van der Waals surface area contributed by atoms with Crippen LogP contribution >= 0.6 is 0 Å². The Kier molecular flexibility index (Phi) is 3.82. The summed E-state index contributed by atoms with van der Waals surface area (Å²) in [5.74, 6) is 0.732. The summed E-state index contributed by atoms with van der Waals surface area (Å²) in [5.41, 5.74) is 7.49. The summed E-state index contributed by atoms with van der Waals surface area (Å²) in [4.78, 5) is 4.66. The van der Waals surface area contributed by atoms with E-state index in [1.807, 2.05) is 19.2 Å². The quantitative estimate of drug-likeness (QED) is 0.912. The van der Waals surface area contributed by atoms with Gasteiger partial charge in [-0.1, -0.05) is 0 Å². The molecule has 0 saturated carbocycles. The average Bonchev–Trinajstić information content (AvgIpc) is 2.82. The fourth-order valence-electron chi connectivity index (χ4n) is 3.02. The van der Waals surface area contributed by atoms with Gasteiger partial charge in [-0.2, -0.15) is 5.10 Å². The van der Waals surface area contributed by atoms with Crippen molar-refractivity contribution in [1.29, 1.82) is 0 Å². The van der Waals surface area contributed by atoms with Gasteiger partial charge in [-0.15, -0.1) is 0 Å². The molecule has 0 aromatic carbocycles. The van der Waals surface area contributed by atoms with E-state index in [4.69, 9.17) is 5.73 Å². The molecule has 1 atom stereocenters. The molecule has 0 radical (unpaired) electrons. The number of hydrogen-bond acceptors (Lipinski definition) is 5. The number of nitrogen functional groups attached to an aromatic ring is 1. The monoisotopic (exact) mass is 323 g/mol. The van der Waals surface area contributed by atoms with Crippen molar-refractivity contribution in [3.63, 3.8) is 0 Å². The Labute approximate surface area is 130 Å². The third kappa shape index (κ3) is 2.56. The molecule has 0 bridgehead atoms. The molecule has 1 aliphatic heterocycles.